The van der Waals surface area contributed by atoms with Crippen molar-refractivity contribution in [3.8, 4) is 0 Å². The van der Waals surface area contributed by atoms with Crippen LogP contribution in [0.2, 0.25) is 0 Å². The lowest BCUT2D eigenvalue weighted by Gasteiger charge is -2.28. The molecule has 4 heterocycles. The Morgan fingerprint density at radius 1 is 0.975 bits per heavy atom. The molecule has 0 spiro atoms. The molecule has 0 aliphatic carbocycles. The van der Waals surface area contributed by atoms with Crippen LogP contribution in [-0.2, 0) is 22.2 Å². The lowest BCUT2D eigenvalue weighted by Crippen LogP contribution is -2.37. The number of aryl methyl sites for hydroxylation is 2. The normalized spacial score (nSPS) is 20.0. The molecule has 0 saturated heterocycles. The number of rotatable bonds is 7. The number of hydrogen-bond donors (Lipinski definition) is 1. The van der Waals surface area contributed by atoms with Gasteiger partial charge in [0, 0.05) is 42.5 Å². The number of unbranched alkanes of at least 4 members (excludes halogenated alkanes) is 1. The summed E-state index contributed by atoms with van der Waals surface area (Å²) in [4.78, 5) is 24.2. The van der Waals surface area contributed by atoms with Gasteiger partial charge in [-0.3, -0.25) is 9.59 Å². The topological polar surface area (TPSA) is 91.4 Å². The van der Waals surface area contributed by atoms with Gasteiger partial charge in [0.05, 0.1) is 16.9 Å². The van der Waals surface area contributed by atoms with E-state index in [4.69, 9.17) is 0 Å². The van der Waals surface area contributed by atoms with Gasteiger partial charge in [0.1, 0.15) is 0 Å². The molecule has 2 amide bonds. The minimum Gasteiger partial charge on any atom is -0.273 e. The molecule has 0 radical (unpaired) electrons. The second kappa shape index (κ2) is 10.9. The number of carbonyl (C=O) groups is 2. The van der Waals surface area contributed by atoms with E-state index < -0.39 is 11.9 Å². The number of benzene rings is 1. The average molecular weight is 553 g/mol. The number of fused-ring (bicyclic) bond motifs is 1. The summed E-state index contributed by atoms with van der Waals surface area (Å²) in [5.41, 5.74) is 6.63. The van der Waals surface area contributed by atoms with Crippen LogP contribution in [0.4, 0.5) is 13.2 Å². The summed E-state index contributed by atoms with van der Waals surface area (Å²) in [6, 6.07) is 12.6. The predicted octanol–water partition coefficient (Wildman–Crippen LogP) is 5.12. The lowest BCUT2D eigenvalue weighted by atomic mass is 9.93. The fourth-order valence-corrected chi connectivity index (χ4v) is 5.23. The molecule has 2 atom stereocenters. The van der Waals surface area contributed by atoms with Gasteiger partial charge in [-0.15, -0.1) is 0 Å². The molecule has 2 aromatic heterocycles. The fourth-order valence-electron chi connectivity index (χ4n) is 5.23. The Morgan fingerprint density at radius 3 is 2.40 bits per heavy atom. The first-order valence-corrected chi connectivity index (χ1v) is 13.4. The quantitative estimate of drug-likeness (QED) is 0.413. The molecular formula is C29H31F3N6O2. The van der Waals surface area contributed by atoms with Gasteiger partial charge in [-0.25, -0.2) is 15.0 Å². The van der Waals surface area contributed by atoms with E-state index in [1.54, 1.807) is 19.1 Å². The molecule has 40 heavy (non-hydrogen) atoms. The van der Waals surface area contributed by atoms with Crippen molar-refractivity contribution >= 4 is 28.8 Å². The van der Waals surface area contributed by atoms with Gasteiger partial charge < -0.3 is 0 Å². The molecule has 5 rings (SSSR count). The van der Waals surface area contributed by atoms with Crippen LogP contribution in [0.15, 0.2) is 52.7 Å². The Bertz CT molecular complexity index is 1510. The highest BCUT2D eigenvalue weighted by atomic mass is 19.4. The number of pyridine rings is 1. The first kappa shape index (κ1) is 27.5. The second-order valence-electron chi connectivity index (χ2n) is 10.6. The molecular weight excluding hydrogens is 521 g/mol. The van der Waals surface area contributed by atoms with Crippen molar-refractivity contribution < 1.29 is 22.8 Å². The van der Waals surface area contributed by atoms with Gasteiger partial charge in [0.25, 0.3) is 0 Å². The number of carbonyl (C=O) groups excluding carboxylic acids is 2. The summed E-state index contributed by atoms with van der Waals surface area (Å²) in [5.74, 6) is -0.340. The summed E-state index contributed by atoms with van der Waals surface area (Å²) in [5, 5.41) is 14.0. The Balaban J connectivity index is 1.25. The second-order valence-corrected chi connectivity index (χ2v) is 10.6. The molecule has 0 saturated carbocycles. The Labute approximate surface area is 229 Å². The summed E-state index contributed by atoms with van der Waals surface area (Å²) in [7, 11) is 0. The maximum absolute atomic E-state index is 13.4. The minimum absolute atomic E-state index is 0.0616. The van der Waals surface area contributed by atoms with E-state index in [1.807, 2.05) is 38.1 Å². The zero-order valence-corrected chi connectivity index (χ0v) is 22.6. The van der Waals surface area contributed by atoms with Crippen LogP contribution in [0.1, 0.15) is 67.6 Å². The van der Waals surface area contributed by atoms with Crippen molar-refractivity contribution in [1.29, 1.82) is 0 Å². The highest BCUT2D eigenvalue weighted by Gasteiger charge is 2.35. The van der Waals surface area contributed by atoms with Gasteiger partial charge in [0.2, 0.25) is 11.8 Å². The molecule has 0 fully saturated rings. The lowest BCUT2D eigenvalue weighted by molar-refractivity contribution is -0.141. The molecule has 1 N–H and O–H groups in total. The third-order valence-electron chi connectivity index (χ3n) is 7.44. The standard InChI is InChI=1S/C29H31F3N6O2/c1-17-14-25(39)33-34-27(17)21-10-8-20(9-11-21)6-4-5-13-37-26(40)15-18(2)28(36-37)22-12-7-19(3)38-23(22)16-24(35-38)29(30,31)32/h7-12,16-18H,4-6,13-15H2,1-3H3,(H,33,39). The zero-order valence-electron chi connectivity index (χ0n) is 22.6. The maximum atomic E-state index is 13.4. The van der Waals surface area contributed by atoms with Crippen LogP contribution in [0.5, 0.6) is 0 Å². The van der Waals surface area contributed by atoms with E-state index in [0.717, 1.165) is 42.2 Å². The van der Waals surface area contributed by atoms with E-state index >= 15 is 0 Å². The summed E-state index contributed by atoms with van der Waals surface area (Å²) >= 11 is 0. The van der Waals surface area contributed by atoms with Crippen LogP contribution < -0.4 is 5.43 Å². The van der Waals surface area contributed by atoms with E-state index in [1.165, 1.54) is 9.52 Å². The number of halogens is 3. The van der Waals surface area contributed by atoms with Crippen LogP contribution in [0.25, 0.3) is 5.52 Å². The largest absolute Gasteiger partial charge is 0.435 e. The molecule has 2 aliphatic rings. The van der Waals surface area contributed by atoms with Crippen molar-refractivity contribution in [2.24, 2.45) is 22.0 Å². The predicted molar refractivity (Wildman–Crippen MR) is 145 cm³/mol. The Morgan fingerprint density at radius 2 is 1.70 bits per heavy atom. The van der Waals surface area contributed by atoms with Crippen molar-refractivity contribution in [2.45, 2.75) is 59.1 Å². The Hall–Kier alpha value is -4.02. The highest BCUT2D eigenvalue weighted by Crippen LogP contribution is 2.32. The zero-order chi connectivity index (χ0) is 28.6. The summed E-state index contributed by atoms with van der Waals surface area (Å²) in [6.07, 6.45) is -1.51. The van der Waals surface area contributed by atoms with Crippen molar-refractivity contribution in [3.63, 3.8) is 0 Å². The Kier molecular flexibility index (Phi) is 7.48. The van der Waals surface area contributed by atoms with Crippen molar-refractivity contribution in [1.82, 2.24) is 20.0 Å². The fraction of sp³-hybridized carbons (Fsp3) is 0.414. The molecule has 2 unspecified atom stereocenters. The number of aromatic nitrogens is 2. The monoisotopic (exact) mass is 552 g/mol. The summed E-state index contributed by atoms with van der Waals surface area (Å²) < 4.78 is 41.4. The molecule has 2 aliphatic heterocycles. The smallest absolute Gasteiger partial charge is 0.273 e. The average Bonchev–Trinajstić information content (AvgIpc) is 3.36. The van der Waals surface area contributed by atoms with Gasteiger partial charge >= 0.3 is 6.18 Å². The van der Waals surface area contributed by atoms with Gasteiger partial charge in [-0.2, -0.15) is 28.5 Å². The first-order chi connectivity index (χ1) is 19.0. The molecule has 3 aromatic rings. The summed E-state index contributed by atoms with van der Waals surface area (Å²) in [6.45, 7) is 5.97. The van der Waals surface area contributed by atoms with E-state index in [9.17, 15) is 22.8 Å². The first-order valence-electron chi connectivity index (χ1n) is 13.4. The van der Waals surface area contributed by atoms with Crippen molar-refractivity contribution in [2.75, 3.05) is 6.54 Å². The van der Waals surface area contributed by atoms with Crippen molar-refractivity contribution in [3.05, 3.63) is 70.5 Å². The van der Waals surface area contributed by atoms with Gasteiger partial charge in [-0.1, -0.05) is 38.1 Å². The SMILES string of the molecule is Cc1ccc(C2=NN(CCCCc3ccc(C4=NNC(=O)CC4C)cc3)C(=O)CC2C)c2cc(C(F)(F)F)nn12. The third-order valence-corrected chi connectivity index (χ3v) is 7.44. The van der Waals surface area contributed by atoms with E-state index in [0.29, 0.717) is 35.5 Å². The molecule has 210 valence electrons. The molecule has 8 nitrogen and oxygen atoms in total. The number of hydrogen-bond acceptors (Lipinski definition) is 5. The number of nitrogens with zero attached hydrogens (tertiary/aromatic N) is 5. The van der Waals surface area contributed by atoms with E-state index in [2.05, 4.69) is 20.7 Å². The van der Waals surface area contributed by atoms with Gasteiger partial charge in [0.15, 0.2) is 5.69 Å². The number of amides is 2. The van der Waals surface area contributed by atoms with E-state index in [-0.39, 0.29) is 30.1 Å². The van der Waals surface area contributed by atoms with Crippen LogP contribution in [0, 0.1) is 18.8 Å². The minimum atomic E-state index is -4.56. The maximum Gasteiger partial charge on any atom is 0.435 e. The number of hydrazone groups is 2. The van der Waals surface area contributed by atoms with Gasteiger partial charge in [-0.05, 0) is 55.5 Å². The molecule has 0 bridgehead atoms. The highest BCUT2D eigenvalue weighted by molar-refractivity contribution is 6.10. The van der Waals surface area contributed by atoms with Crippen LogP contribution in [-0.4, -0.2) is 44.4 Å². The molecule has 11 heteroatoms. The number of nitrogens with one attached hydrogen (secondary N) is 1. The van der Waals surface area contributed by atoms with Crippen LogP contribution in [0.3, 0.4) is 0 Å². The van der Waals surface area contributed by atoms with Crippen LogP contribution >= 0.6 is 0 Å². The molecule has 1 aromatic carbocycles. The third kappa shape index (κ3) is 5.64. The number of alkyl halides is 3.